The molecular weight excluding hydrogens is 270 g/mol. The van der Waals surface area contributed by atoms with Crippen LogP contribution in [0.1, 0.15) is 25.3 Å². The molecule has 0 heterocycles. The molecule has 0 aromatic heterocycles. The van der Waals surface area contributed by atoms with Gasteiger partial charge < -0.3 is 16.0 Å². The Balaban J connectivity index is 2.80. The van der Waals surface area contributed by atoms with Crippen LogP contribution in [0.5, 0.6) is 0 Å². The number of nitrogens with zero attached hydrogens (tertiary/aromatic N) is 1. The van der Waals surface area contributed by atoms with E-state index in [1.54, 1.807) is 0 Å². The van der Waals surface area contributed by atoms with Gasteiger partial charge in [0.05, 0.1) is 4.99 Å². The normalized spacial score (nSPS) is 13.1. The zero-order valence-electron chi connectivity index (χ0n) is 12.5. The van der Waals surface area contributed by atoms with E-state index in [9.17, 15) is 4.79 Å². The smallest absolute Gasteiger partial charge is 0.234 e. The van der Waals surface area contributed by atoms with E-state index in [0.29, 0.717) is 6.54 Å². The van der Waals surface area contributed by atoms with E-state index in [2.05, 4.69) is 24.1 Å². The maximum Gasteiger partial charge on any atom is 0.234 e. The van der Waals surface area contributed by atoms with Crippen LogP contribution in [0.15, 0.2) is 30.3 Å². The summed E-state index contributed by atoms with van der Waals surface area (Å²) in [5, 5.41) is 2.94. The Labute approximate surface area is 126 Å². The molecule has 1 amide bonds. The minimum Gasteiger partial charge on any atom is -0.392 e. The van der Waals surface area contributed by atoms with Crippen LogP contribution in [0.25, 0.3) is 0 Å². The zero-order valence-corrected chi connectivity index (χ0v) is 13.3. The SMILES string of the molecule is CN(C)C(C)(C)CNC(=O)C(C(N)=S)c1ccccc1. The molecule has 0 aliphatic heterocycles. The van der Waals surface area contributed by atoms with Gasteiger partial charge in [-0.1, -0.05) is 42.5 Å². The number of carbonyl (C=O) groups is 1. The van der Waals surface area contributed by atoms with E-state index >= 15 is 0 Å². The number of carbonyl (C=O) groups excluding carboxylic acids is 1. The van der Waals surface area contributed by atoms with Gasteiger partial charge in [-0.25, -0.2) is 0 Å². The van der Waals surface area contributed by atoms with Crippen molar-refractivity contribution in [1.29, 1.82) is 0 Å². The van der Waals surface area contributed by atoms with E-state index in [4.69, 9.17) is 18.0 Å². The fraction of sp³-hybridized carbons (Fsp3) is 0.467. The summed E-state index contributed by atoms with van der Waals surface area (Å²) in [6, 6.07) is 9.36. The highest BCUT2D eigenvalue weighted by molar-refractivity contribution is 7.80. The number of hydrogen-bond donors (Lipinski definition) is 2. The summed E-state index contributed by atoms with van der Waals surface area (Å²) in [4.78, 5) is 14.6. The van der Waals surface area contributed by atoms with Crippen molar-refractivity contribution in [1.82, 2.24) is 10.2 Å². The van der Waals surface area contributed by atoms with Gasteiger partial charge in [-0.15, -0.1) is 0 Å². The summed E-state index contributed by atoms with van der Waals surface area (Å²) < 4.78 is 0. The topological polar surface area (TPSA) is 58.4 Å². The van der Waals surface area contributed by atoms with Gasteiger partial charge in [0.1, 0.15) is 5.92 Å². The quantitative estimate of drug-likeness (QED) is 0.781. The molecule has 0 fully saturated rings. The number of thiocarbonyl (C=S) groups is 1. The summed E-state index contributed by atoms with van der Waals surface area (Å²) in [6.45, 7) is 4.65. The first kappa shape index (κ1) is 16.6. The Kier molecular flexibility index (Phi) is 5.65. The number of likely N-dealkylation sites (N-methyl/N-ethyl adjacent to an activating group) is 1. The standard InChI is InChI=1S/C15H23N3OS/c1-15(2,18(3)4)10-17-14(19)12(13(16)20)11-8-6-5-7-9-11/h5-9,12H,10H2,1-4H3,(H2,16,20)(H,17,19). The van der Waals surface area contributed by atoms with Gasteiger partial charge >= 0.3 is 0 Å². The monoisotopic (exact) mass is 293 g/mol. The molecule has 3 N–H and O–H groups in total. The summed E-state index contributed by atoms with van der Waals surface area (Å²) in [6.07, 6.45) is 0. The van der Waals surface area contributed by atoms with Gasteiger partial charge in [0.25, 0.3) is 0 Å². The fourth-order valence-corrected chi connectivity index (χ4v) is 1.90. The lowest BCUT2D eigenvalue weighted by atomic mass is 9.97. The third-order valence-electron chi connectivity index (χ3n) is 3.59. The minimum absolute atomic E-state index is 0.132. The third-order valence-corrected chi connectivity index (χ3v) is 3.82. The average Bonchev–Trinajstić information content (AvgIpc) is 2.37. The van der Waals surface area contributed by atoms with Crippen LogP contribution in [0, 0.1) is 0 Å². The number of benzene rings is 1. The van der Waals surface area contributed by atoms with Crippen molar-refractivity contribution in [3.63, 3.8) is 0 Å². The number of hydrogen-bond acceptors (Lipinski definition) is 3. The van der Waals surface area contributed by atoms with Crippen LogP contribution in [0.2, 0.25) is 0 Å². The van der Waals surface area contributed by atoms with Crippen LogP contribution in [-0.4, -0.2) is 42.0 Å². The molecule has 20 heavy (non-hydrogen) atoms. The molecular formula is C15H23N3OS. The molecule has 1 aromatic carbocycles. The summed E-state index contributed by atoms with van der Waals surface area (Å²) in [5.74, 6) is -0.734. The zero-order chi connectivity index (χ0) is 15.3. The fourth-order valence-electron chi connectivity index (χ4n) is 1.65. The van der Waals surface area contributed by atoms with Gasteiger partial charge in [0.15, 0.2) is 0 Å². The Bertz CT molecular complexity index is 471. The molecule has 0 radical (unpaired) electrons. The first-order valence-corrected chi connectivity index (χ1v) is 6.96. The highest BCUT2D eigenvalue weighted by atomic mass is 32.1. The molecule has 0 saturated carbocycles. The summed E-state index contributed by atoms with van der Waals surface area (Å²) >= 11 is 5.04. The van der Waals surface area contributed by atoms with Crippen LogP contribution < -0.4 is 11.1 Å². The summed E-state index contributed by atoms with van der Waals surface area (Å²) in [7, 11) is 3.96. The molecule has 110 valence electrons. The predicted molar refractivity (Wildman–Crippen MR) is 86.7 cm³/mol. The number of nitrogens with two attached hydrogens (primary N) is 1. The van der Waals surface area contributed by atoms with Crippen LogP contribution in [0.4, 0.5) is 0 Å². The number of nitrogens with one attached hydrogen (secondary N) is 1. The van der Waals surface area contributed by atoms with Crippen LogP contribution >= 0.6 is 12.2 Å². The second-order valence-electron chi connectivity index (χ2n) is 5.67. The van der Waals surface area contributed by atoms with E-state index < -0.39 is 5.92 Å². The van der Waals surface area contributed by atoms with Gasteiger partial charge in [0, 0.05) is 12.1 Å². The maximum atomic E-state index is 12.4. The first-order valence-electron chi connectivity index (χ1n) is 6.55. The number of amides is 1. The molecule has 0 bridgehead atoms. The second kappa shape index (κ2) is 6.81. The van der Waals surface area contributed by atoms with Crippen molar-refractivity contribution in [3.8, 4) is 0 Å². The Morgan fingerprint density at radius 3 is 2.35 bits per heavy atom. The Hall–Kier alpha value is -1.46. The third kappa shape index (κ3) is 4.28. The molecule has 4 nitrogen and oxygen atoms in total. The van der Waals surface area contributed by atoms with Crippen LogP contribution in [0.3, 0.4) is 0 Å². The molecule has 0 spiro atoms. The highest BCUT2D eigenvalue weighted by Crippen LogP contribution is 2.17. The van der Waals surface area contributed by atoms with Crippen molar-refractivity contribution >= 4 is 23.1 Å². The predicted octanol–water partition coefficient (Wildman–Crippen LogP) is 1.51. The van der Waals surface area contributed by atoms with Crippen molar-refractivity contribution in [2.24, 2.45) is 5.73 Å². The van der Waals surface area contributed by atoms with E-state index in [1.807, 2.05) is 44.4 Å². The summed E-state index contributed by atoms with van der Waals surface area (Å²) in [5.41, 5.74) is 6.42. The molecule has 1 rings (SSSR count). The maximum absolute atomic E-state index is 12.4. The molecule has 1 aromatic rings. The molecule has 0 saturated heterocycles. The minimum atomic E-state index is -0.579. The molecule has 1 atom stereocenters. The lowest BCUT2D eigenvalue weighted by molar-refractivity contribution is -0.121. The average molecular weight is 293 g/mol. The molecule has 1 unspecified atom stereocenters. The lowest BCUT2D eigenvalue weighted by Crippen LogP contribution is -2.49. The molecule has 0 aliphatic rings. The van der Waals surface area contributed by atoms with Crippen LogP contribution in [-0.2, 0) is 4.79 Å². The number of rotatable bonds is 6. The van der Waals surface area contributed by atoms with E-state index in [-0.39, 0.29) is 16.4 Å². The van der Waals surface area contributed by atoms with E-state index in [0.717, 1.165) is 5.56 Å². The van der Waals surface area contributed by atoms with Gasteiger partial charge in [-0.05, 0) is 33.5 Å². The van der Waals surface area contributed by atoms with E-state index in [1.165, 1.54) is 0 Å². The Morgan fingerprint density at radius 2 is 1.90 bits per heavy atom. The molecule has 5 heteroatoms. The largest absolute Gasteiger partial charge is 0.392 e. The van der Waals surface area contributed by atoms with Gasteiger partial charge in [-0.3, -0.25) is 4.79 Å². The highest BCUT2D eigenvalue weighted by Gasteiger charge is 2.26. The lowest BCUT2D eigenvalue weighted by Gasteiger charge is -2.33. The first-order chi connectivity index (χ1) is 9.25. The van der Waals surface area contributed by atoms with Crippen molar-refractivity contribution < 1.29 is 4.79 Å². The van der Waals surface area contributed by atoms with Crippen molar-refractivity contribution in [2.75, 3.05) is 20.6 Å². The van der Waals surface area contributed by atoms with Gasteiger partial charge in [0.2, 0.25) is 5.91 Å². The van der Waals surface area contributed by atoms with Crippen molar-refractivity contribution in [2.45, 2.75) is 25.3 Å². The van der Waals surface area contributed by atoms with Gasteiger partial charge in [-0.2, -0.15) is 0 Å². The molecule has 0 aliphatic carbocycles. The Morgan fingerprint density at radius 1 is 1.35 bits per heavy atom. The second-order valence-corrected chi connectivity index (χ2v) is 6.14. The van der Waals surface area contributed by atoms with Crippen molar-refractivity contribution in [3.05, 3.63) is 35.9 Å².